The first-order chi connectivity index (χ1) is 6.18. The van der Waals surface area contributed by atoms with Crippen molar-refractivity contribution < 1.29 is 4.79 Å². The zero-order valence-electron chi connectivity index (χ0n) is 7.73. The van der Waals surface area contributed by atoms with Crippen LogP contribution in [0.1, 0.15) is 12.5 Å². The molecule has 0 bridgehead atoms. The van der Waals surface area contributed by atoms with E-state index in [1.807, 2.05) is 25.4 Å². The summed E-state index contributed by atoms with van der Waals surface area (Å²) < 4.78 is 1.75. The van der Waals surface area contributed by atoms with E-state index in [4.69, 9.17) is 0 Å². The van der Waals surface area contributed by atoms with Crippen LogP contribution in [0.15, 0.2) is 18.5 Å². The Morgan fingerprint density at radius 2 is 2.54 bits per heavy atom. The van der Waals surface area contributed by atoms with Crippen molar-refractivity contribution in [2.24, 2.45) is 7.05 Å². The highest BCUT2D eigenvalue weighted by Gasteiger charge is 1.91. The molecule has 0 atom stereocenters. The highest BCUT2D eigenvalue weighted by atomic mass is 32.2. The van der Waals surface area contributed by atoms with E-state index in [-0.39, 0.29) is 5.12 Å². The fourth-order valence-electron chi connectivity index (χ4n) is 0.876. The van der Waals surface area contributed by atoms with E-state index in [0.717, 1.165) is 11.3 Å². The number of aryl methyl sites for hydroxylation is 1. The predicted octanol–water partition coefficient (Wildman–Crippen LogP) is 1.71. The molecule has 0 aliphatic rings. The van der Waals surface area contributed by atoms with E-state index in [2.05, 4.69) is 5.10 Å². The van der Waals surface area contributed by atoms with Gasteiger partial charge in [0.15, 0.2) is 5.12 Å². The molecule has 0 aliphatic carbocycles. The molecule has 0 unspecified atom stereocenters. The largest absolute Gasteiger partial charge is 0.288 e. The van der Waals surface area contributed by atoms with Crippen molar-refractivity contribution in [1.82, 2.24) is 9.78 Å². The second kappa shape index (κ2) is 4.87. The van der Waals surface area contributed by atoms with Gasteiger partial charge in [-0.15, -0.1) is 0 Å². The number of nitrogens with zero attached hydrogens (tertiary/aromatic N) is 2. The number of carbonyl (C=O) groups is 1. The fraction of sp³-hybridized carbons (Fsp3) is 0.333. The summed E-state index contributed by atoms with van der Waals surface area (Å²) in [6.45, 7) is 1.57. The van der Waals surface area contributed by atoms with Crippen molar-refractivity contribution in [3.05, 3.63) is 24.0 Å². The Labute approximate surface area is 81.8 Å². The van der Waals surface area contributed by atoms with Crippen LogP contribution in [-0.2, 0) is 11.8 Å². The lowest BCUT2D eigenvalue weighted by molar-refractivity contribution is -0.109. The molecule has 4 heteroatoms. The minimum absolute atomic E-state index is 0.149. The highest BCUT2D eigenvalue weighted by molar-refractivity contribution is 8.13. The van der Waals surface area contributed by atoms with Gasteiger partial charge in [0.2, 0.25) is 0 Å². The van der Waals surface area contributed by atoms with Crippen LogP contribution in [0.5, 0.6) is 0 Å². The Morgan fingerprint density at radius 3 is 3.08 bits per heavy atom. The van der Waals surface area contributed by atoms with Crippen LogP contribution < -0.4 is 0 Å². The first-order valence-electron chi connectivity index (χ1n) is 3.97. The van der Waals surface area contributed by atoms with E-state index < -0.39 is 0 Å². The lowest BCUT2D eigenvalue weighted by Crippen LogP contribution is -1.84. The summed E-state index contributed by atoms with van der Waals surface area (Å²) in [7, 11) is 1.88. The minimum atomic E-state index is 0.149. The van der Waals surface area contributed by atoms with Crippen LogP contribution in [0, 0.1) is 0 Å². The molecular formula is C9H12N2OS. The Balaban J connectivity index is 2.36. The van der Waals surface area contributed by atoms with E-state index in [1.165, 1.54) is 11.8 Å². The van der Waals surface area contributed by atoms with E-state index in [1.54, 1.807) is 17.8 Å². The van der Waals surface area contributed by atoms with Crippen molar-refractivity contribution in [1.29, 1.82) is 0 Å². The van der Waals surface area contributed by atoms with Crippen LogP contribution in [0.4, 0.5) is 0 Å². The van der Waals surface area contributed by atoms with E-state index in [9.17, 15) is 4.79 Å². The lowest BCUT2D eigenvalue weighted by Gasteiger charge is -1.87. The van der Waals surface area contributed by atoms with Gasteiger partial charge in [-0.2, -0.15) is 5.10 Å². The second-order valence-corrected chi connectivity index (χ2v) is 3.85. The third kappa shape index (κ3) is 3.94. The maximum atomic E-state index is 10.6. The van der Waals surface area contributed by atoms with Crippen LogP contribution >= 0.6 is 11.8 Å². The van der Waals surface area contributed by atoms with Crippen molar-refractivity contribution in [2.45, 2.75) is 6.92 Å². The van der Waals surface area contributed by atoms with E-state index >= 15 is 0 Å². The summed E-state index contributed by atoms with van der Waals surface area (Å²) in [5, 5.41) is 4.17. The maximum absolute atomic E-state index is 10.6. The average Bonchev–Trinajstić information content (AvgIpc) is 2.45. The molecule has 1 aromatic rings. The van der Waals surface area contributed by atoms with Crippen LogP contribution in [-0.4, -0.2) is 20.6 Å². The third-order valence-electron chi connectivity index (χ3n) is 1.42. The van der Waals surface area contributed by atoms with Gasteiger partial charge >= 0.3 is 0 Å². The molecule has 3 nitrogen and oxygen atoms in total. The fourth-order valence-corrected chi connectivity index (χ4v) is 1.30. The van der Waals surface area contributed by atoms with Crippen LogP contribution in [0.25, 0.3) is 6.08 Å². The average molecular weight is 196 g/mol. The van der Waals surface area contributed by atoms with Gasteiger partial charge in [0.25, 0.3) is 0 Å². The zero-order valence-corrected chi connectivity index (χ0v) is 8.54. The minimum Gasteiger partial charge on any atom is -0.288 e. The molecule has 1 aromatic heterocycles. The zero-order chi connectivity index (χ0) is 9.68. The Morgan fingerprint density at radius 1 is 1.77 bits per heavy atom. The topological polar surface area (TPSA) is 34.9 Å². The number of thioether (sulfide) groups is 1. The number of hydrogen-bond donors (Lipinski definition) is 0. The van der Waals surface area contributed by atoms with Gasteiger partial charge in [-0.25, -0.2) is 0 Å². The molecule has 0 saturated heterocycles. The molecule has 70 valence electrons. The molecule has 0 N–H and O–H groups in total. The van der Waals surface area contributed by atoms with Gasteiger partial charge in [-0.05, 0) is 0 Å². The van der Waals surface area contributed by atoms with Gasteiger partial charge in [0.1, 0.15) is 0 Å². The summed E-state index contributed by atoms with van der Waals surface area (Å²) in [5.74, 6) is 0.726. The molecular weight excluding hydrogens is 184 g/mol. The summed E-state index contributed by atoms with van der Waals surface area (Å²) in [5.41, 5.74) is 1.06. The quantitative estimate of drug-likeness (QED) is 0.738. The molecule has 0 amide bonds. The number of rotatable bonds is 3. The molecule has 1 heterocycles. The summed E-state index contributed by atoms with van der Waals surface area (Å²) in [4.78, 5) is 10.6. The van der Waals surface area contributed by atoms with Crippen molar-refractivity contribution in [3.8, 4) is 0 Å². The highest BCUT2D eigenvalue weighted by Crippen LogP contribution is 2.04. The molecule has 13 heavy (non-hydrogen) atoms. The molecule has 0 aliphatic heterocycles. The predicted molar refractivity (Wildman–Crippen MR) is 55.4 cm³/mol. The second-order valence-electron chi connectivity index (χ2n) is 2.65. The van der Waals surface area contributed by atoms with Gasteiger partial charge < -0.3 is 0 Å². The molecule has 0 fully saturated rings. The standard InChI is InChI=1S/C9H12N2OS/c1-8(12)13-5-3-4-9-6-10-11(2)7-9/h3-4,6-7H,5H2,1-2H3. The number of aromatic nitrogens is 2. The Kier molecular flexibility index (Phi) is 3.76. The molecule has 0 spiro atoms. The lowest BCUT2D eigenvalue weighted by atomic mass is 10.3. The Bertz CT molecular complexity index is 317. The smallest absolute Gasteiger partial charge is 0.186 e. The summed E-state index contributed by atoms with van der Waals surface area (Å²) in [6.07, 6.45) is 7.63. The molecule has 0 saturated carbocycles. The van der Waals surface area contributed by atoms with Crippen molar-refractivity contribution in [3.63, 3.8) is 0 Å². The molecule has 1 rings (SSSR count). The number of hydrogen-bond acceptors (Lipinski definition) is 3. The molecule has 0 aromatic carbocycles. The first kappa shape index (κ1) is 10.1. The number of carbonyl (C=O) groups excluding carboxylic acids is 1. The molecule has 0 radical (unpaired) electrons. The maximum Gasteiger partial charge on any atom is 0.186 e. The third-order valence-corrected chi connectivity index (χ3v) is 2.18. The van der Waals surface area contributed by atoms with Gasteiger partial charge in [-0.3, -0.25) is 9.48 Å². The summed E-state index contributed by atoms with van der Waals surface area (Å²) >= 11 is 1.30. The van der Waals surface area contributed by atoms with Gasteiger partial charge in [-0.1, -0.05) is 23.9 Å². The van der Waals surface area contributed by atoms with Crippen LogP contribution in [0.2, 0.25) is 0 Å². The van der Waals surface area contributed by atoms with Crippen LogP contribution in [0.3, 0.4) is 0 Å². The first-order valence-corrected chi connectivity index (χ1v) is 4.95. The Hall–Kier alpha value is -1.03. The van der Waals surface area contributed by atoms with Crippen molar-refractivity contribution in [2.75, 3.05) is 5.75 Å². The van der Waals surface area contributed by atoms with Gasteiger partial charge in [0.05, 0.1) is 6.20 Å². The van der Waals surface area contributed by atoms with Crippen molar-refractivity contribution >= 4 is 23.0 Å². The van der Waals surface area contributed by atoms with Gasteiger partial charge in [0, 0.05) is 31.5 Å². The van der Waals surface area contributed by atoms with E-state index in [0.29, 0.717) is 0 Å². The normalized spacial score (nSPS) is 10.9. The summed E-state index contributed by atoms with van der Waals surface area (Å²) in [6, 6.07) is 0. The SMILES string of the molecule is CC(=O)SCC=Cc1cnn(C)c1. The monoisotopic (exact) mass is 196 g/mol.